The minimum absolute atomic E-state index is 0.0236. The van der Waals surface area contributed by atoms with Crippen LogP contribution in [0.15, 0.2) is 36.4 Å². The number of phenolic OH excluding ortho intramolecular Hbond substituents is 1. The van der Waals surface area contributed by atoms with Crippen molar-refractivity contribution in [2.24, 2.45) is 0 Å². The molecule has 8 nitrogen and oxygen atoms in total. The second-order valence-corrected chi connectivity index (χ2v) is 7.70. The molecule has 31 heavy (non-hydrogen) atoms. The van der Waals surface area contributed by atoms with Crippen molar-refractivity contribution in [2.45, 2.75) is 31.9 Å². The third kappa shape index (κ3) is 7.13. The van der Waals surface area contributed by atoms with Crippen molar-refractivity contribution < 1.29 is 29.7 Å². The number of aromatic hydroxyl groups is 1. The van der Waals surface area contributed by atoms with Crippen LogP contribution in [-0.4, -0.2) is 45.7 Å². The van der Waals surface area contributed by atoms with Crippen LogP contribution in [0.4, 0.5) is 0 Å². The molecule has 2 aromatic carbocycles. The molecule has 0 aromatic heterocycles. The molecule has 1 unspecified atom stereocenters. The van der Waals surface area contributed by atoms with Crippen molar-refractivity contribution in [3.8, 4) is 5.75 Å². The smallest absolute Gasteiger partial charge is 0.328 e. The van der Waals surface area contributed by atoms with E-state index in [-0.39, 0.29) is 27.9 Å². The molecule has 2 atom stereocenters. The Morgan fingerprint density at radius 2 is 1.74 bits per heavy atom. The maximum atomic E-state index is 12.5. The highest BCUT2D eigenvalue weighted by atomic mass is 35.5. The fourth-order valence-corrected chi connectivity index (χ4v) is 3.57. The number of amides is 2. The average molecular weight is 469 g/mol. The normalized spacial score (nSPS) is 12.6. The Morgan fingerprint density at radius 1 is 1.10 bits per heavy atom. The highest BCUT2D eigenvalue weighted by Crippen LogP contribution is 2.29. The number of benzene rings is 2. The fourth-order valence-electron chi connectivity index (χ4n) is 2.87. The molecule has 0 fully saturated rings. The molecule has 2 rings (SSSR count). The molecule has 2 amide bonds. The van der Waals surface area contributed by atoms with Gasteiger partial charge in [-0.3, -0.25) is 9.59 Å². The van der Waals surface area contributed by atoms with Gasteiger partial charge in [0, 0.05) is 13.5 Å². The Bertz CT molecular complexity index is 959. The van der Waals surface area contributed by atoms with Crippen molar-refractivity contribution in [3.63, 3.8) is 0 Å². The first-order valence-electron chi connectivity index (χ1n) is 9.31. The number of aliphatic carboxylic acids is 1. The summed E-state index contributed by atoms with van der Waals surface area (Å²) in [7, 11) is 0. The van der Waals surface area contributed by atoms with Crippen LogP contribution in [0.2, 0.25) is 10.0 Å². The molecule has 0 aliphatic carbocycles. The molecule has 0 aliphatic heterocycles. The van der Waals surface area contributed by atoms with E-state index < -0.39 is 29.9 Å². The predicted octanol–water partition coefficient (Wildman–Crippen LogP) is 2.68. The Morgan fingerprint density at radius 3 is 2.29 bits per heavy atom. The summed E-state index contributed by atoms with van der Waals surface area (Å²) in [6, 6.07) is 7.97. The summed E-state index contributed by atoms with van der Waals surface area (Å²) in [4.78, 5) is 34.8. The molecule has 10 heteroatoms. The molecule has 0 bridgehead atoms. The zero-order valence-corrected chi connectivity index (χ0v) is 18.1. The molecule has 0 radical (unpaired) electrons. The number of aliphatic hydroxyl groups is 1. The number of carboxylic acid groups (broad SMARTS) is 1. The molecule has 0 aliphatic rings. The fraction of sp³-hybridized carbons (Fsp3) is 0.286. The van der Waals surface area contributed by atoms with E-state index in [1.165, 1.54) is 31.2 Å². The molecule has 0 saturated carbocycles. The molecule has 166 valence electrons. The Hall–Kier alpha value is -2.81. The third-order valence-corrected chi connectivity index (χ3v) is 5.05. The lowest BCUT2D eigenvalue weighted by molar-refractivity contribution is -0.139. The second-order valence-electron chi connectivity index (χ2n) is 6.89. The lowest BCUT2D eigenvalue weighted by Gasteiger charge is -2.17. The quantitative estimate of drug-likeness (QED) is 0.383. The van der Waals surface area contributed by atoms with E-state index >= 15 is 0 Å². The van der Waals surface area contributed by atoms with Crippen LogP contribution in [0.3, 0.4) is 0 Å². The minimum atomic E-state index is -1.36. The summed E-state index contributed by atoms with van der Waals surface area (Å²) in [5.74, 6) is -2.50. The number of carbonyl (C=O) groups is 3. The first-order valence-corrected chi connectivity index (χ1v) is 10.1. The van der Waals surface area contributed by atoms with Crippen LogP contribution in [-0.2, 0) is 16.0 Å². The molecular formula is C21H22Cl2N2O6. The van der Waals surface area contributed by atoms with Gasteiger partial charge in [0.05, 0.1) is 21.7 Å². The number of aliphatic hydroxyl groups excluding tert-OH is 1. The number of phenols is 1. The largest absolute Gasteiger partial charge is 0.508 e. The van der Waals surface area contributed by atoms with E-state index in [0.717, 1.165) is 0 Å². The summed E-state index contributed by atoms with van der Waals surface area (Å²) >= 11 is 12.4. The Labute approximate surface area is 188 Å². The first kappa shape index (κ1) is 24.5. The topological polar surface area (TPSA) is 136 Å². The number of carbonyl (C=O) groups excluding carboxylic acids is 2. The molecule has 0 spiro atoms. The number of aryl methyl sites for hydroxylation is 1. The summed E-state index contributed by atoms with van der Waals surface area (Å²) < 4.78 is 0. The standard InChI is InChI=1S/C21H22Cl2N2O6/c1-11(26)24-10-17(21(30)31)25-20(29)19-15(22)7-12(8-16(19)23)5-6-18(28)13-3-2-4-14(27)9-13/h2-4,7-9,17-18,27-28H,5-6,10H2,1H3,(H,24,26)(H,25,29)(H,30,31)/t17-,18?/m0/s1. The van der Waals surface area contributed by atoms with Crippen LogP contribution < -0.4 is 10.6 Å². The highest BCUT2D eigenvalue weighted by molar-refractivity contribution is 6.39. The number of hydrogen-bond donors (Lipinski definition) is 5. The van der Waals surface area contributed by atoms with E-state index in [1.807, 2.05) is 0 Å². The van der Waals surface area contributed by atoms with Crippen LogP contribution in [0.5, 0.6) is 5.75 Å². The lowest BCUT2D eigenvalue weighted by atomic mass is 10.00. The lowest BCUT2D eigenvalue weighted by Crippen LogP contribution is -2.48. The summed E-state index contributed by atoms with van der Waals surface area (Å²) in [6.45, 7) is 0.932. The third-order valence-electron chi connectivity index (χ3n) is 4.45. The van der Waals surface area contributed by atoms with Gasteiger partial charge in [0.15, 0.2) is 0 Å². The van der Waals surface area contributed by atoms with E-state index in [9.17, 15) is 29.7 Å². The summed E-state index contributed by atoms with van der Waals surface area (Å²) in [5.41, 5.74) is 1.14. The second kappa shape index (κ2) is 11.0. The Balaban J connectivity index is 2.09. The van der Waals surface area contributed by atoms with Crippen molar-refractivity contribution in [1.82, 2.24) is 10.6 Å². The van der Waals surface area contributed by atoms with Crippen LogP contribution in [0, 0.1) is 0 Å². The van der Waals surface area contributed by atoms with Crippen molar-refractivity contribution in [1.29, 1.82) is 0 Å². The van der Waals surface area contributed by atoms with Gasteiger partial charge in [-0.25, -0.2) is 4.79 Å². The Kier molecular flexibility index (Phi) is 8.67. The van der Waals surface area contributed by atoms with Gasteiger partial charge in [0.25, 0.3) is 5.91 Å². The van der Waals surface area contributed by atoms with Crippen LogP contribution in [0.25, 0.3) is 0 Å². The van der Waals surface area contributed by atoms with Gasteiger partial charge in [-0.2, -0.15) is 0 Å². The van der Waals surface area contributed by atoms with Gasteiger partial charge in [-0.05, 0) is 48.2 Å². The number of rotatable bonds is 9. The minimum Gasteiger partial charge on any atom is -0.508 e. The SMILES string of the molecule is CC(=O)NC[C@H](NC(=O)c1c(Cl)cc(CCC(O)c2cccc(O)c2)cc1Cl)C(=O)O. The number of halogens is 2. The van der Waals surface area contributed by atoms with E-state index in [1.54, 1.807) is 12.1 Å². The highest BCUT2D eigenvalue weighted by Gasteiger charge is 2.24. The van der Waals surface area contributed by atoms with Gasteiger partial charge in [0.2, 0.25) is 5.91 Å². The maximum absolute atomic E-state index is 12.5. The summed E-state index contributed by atoms with van der Waals surface area (Å²) in [6.07, 6.45) is -0.115. The van der Waals surface area contributed by atoms with Gasteiger partial charge >= 0.3 is 5.97 Å². The van der Waals surface area contributed by atoms with Gasteiger partial charge < -0.3 is 26.0 Å². The number of carboxylic acids is 1. The zero-order chi connectivity index (χ0) is 23.1. The van der Waals surface area contributed by atoms with Crippen molar-refractivity contribution >= 4 is 41.0 Å². The average Bonchev–Trinajstić information content (AvgIpc) is 2.68. The summed E-state index contributed by atoms with van der Waals surface area (Å²) in [5, 5.41) is 33.7. The molecule has 0 heterocycles. The molecular weight excluding hydrogens is 447 g/mol. The van der Waals surface area contributed by atoms with Gasteiger partial charge in [0.1, 0.15) is 11.8 Å². The zero-order valence-electron chi connectivity index (χ0n) is 16.6. The maximum Gasteiger partial charge on any atom is 0.328 e. The number of nitrogens with one attached hydrogen (secondary N) is 2. The van der Waals surface area contributed by atoms with E-state index in [0.29, 0.717) is 24.0 Å². The first-order chi connectivity index (χ1) is 14.6. The van der Waals surface area contributed by atoms with E-state index in [2.05, 4.69) is 10.6 Å². The van der Waals surface area contributed by atoms with Crippen molar-refractivity contribution in [2.75, 3.05) is 6.54 Å². The molecule has 2 aromatic rings. The monoisotopic (exact) mass is 468 g/mol. The van der Waals surface area contributed by atoms with Gasteiger partial charge in [-0.1, -0.05) is 35.3 Å². The van der Waals surface area contributed by atoms with Crippen LogP contribution in [0.1, 0.15) is 40.9 Å². The number of hydrogen-bond acceptors (Lipinski definition) is 5. The van der Waals surface area contributed by atoms with Crippen LogP contribution >= 0.6 is 23.2 Å². The van der Waals surface area contributed by atoms with Gasteiger partial charge in [-0.15, -0.1) is 0 Å². The van der Waals surface area contributed by atoms with E-state index in [4.69, 9.17) is 23.2 Å². The molecule has 0 saturated heterocycles. The van der Waals surface area contributed by atoms with Crippen molar-refractivity contribution in [3.05, 3.63) is 63.1 Å². The predicted molar refractivity (Wildman–Crippen MR) is 115 cm³/mol. The molecule has 5 N–H and O–H groups in total.